The van der Waals surface area contributed by atoms with Crippen LogP contribution in [0.3, 0.4) is 0 Å². The molecule has 0 saturated heterocycles. The van der Waals surface area contributed by atoms with E-state index in [4.69, 9.17) is 4.74 Å². The Bertz CT molecular complexity index is 375. The Morgan fingerprint density at radius 2 is 2.22 bits per heavy atom. The van der Waals surface area contributed by atoms with E-state index >= 15 is 0 Å². The molecule has 1 aromatic heterocycles. The molecule has 3 heteroatoms. The van der Waals surface area contributed by atoms with E-state index in [1.54, 1.807) is 0 Å². The van der Waals surface area contributed by atoms with Crippen molar-refractivity contribution in [3.8, 4) is 5.88 Å². The minimum absolute atomic E-state index is 0.0538. The Kier molecular flexibility index (Phi) is 5.00. The second-order valence-corrected chi connectivity index (χ2v) is 5.15. The maximum atomic E-state index is 9.23. The summed E-state index contributed by atoms with van der Waals surface area (Å²) in [7, 11) is 0. The SMILES string of the molecule is CCCc1cc(CO)cc(OCCC2CCC2)n1. The highest BCUT2D eigenvalue weighted by atomic mass is 16.5. The molecule has 0 unspecified atom stereocenters. The van der Waals surface area contributed by atoms with Gasteiger partial charge in [-0.05, 0) is 30.4 Å². The van der Waals surface area contributed by atoms with Crippen molar-refractivity contribution in [2.75, 3.05) is 6.61 Å². The van der Waals surface area contributed by atoms with Crippen molar-refractivity contribution >= 4 is 0 Å². The third-order valence-corrected chi connectivity index (χ3v) is 3.60. The van der Waals surface area contributed by atoms with Crippen LogP contribution < -0.4 is 4.74 Å². The highest BCUT2D eigenvalue weighted by Gasteiger charge is 2.17. The summed E-state index contributed by atoms with van der Waals surface area (Å²) < 4.78 is 5.72. The van der Waals surface area contributed by atoms with E-state index in [1.165, 1.54) is 19.3 Å². The normalized spacial score (nSPS) is 15.4. The van der Waals surface area contributed by atoms with Crippen LogP contribution >= 0.6 is 0 Å². The summed E-state index contributed by atoms with van der Waals surface area (Å²) in [5, 5.41) is 9.23. The lowest BCUT2D eigenvalue weighted by Gasteiger charge is -2.24. The average Bonchev–Trinajstić information content (AvgIpc) is 2.32. The molecular formula is C15H23NO2. The summed E-state index contributed by atoms with van der Waals surface area (Å²) in [5.74, 6) is 1.53. The second-order valence-electron chi connectivity index (χ2n) is 5.15. The lowest BCUT2D eigenvalue weighted by molar-refractivity contribution is 0.216. The zero-order valence-corrected chi connectivity index (χ0v) is 11.2. The summed E-state index contributed by atoms with van der Waals surface area (Å²) >= 11 is 0. The van der Waals surface area contributed by atoms with Crippen LogP contribution in [-0.4, -0.2) is 16.7 Å². The van der Waals surface area contributed by atoms with Crippen LogP contribution in [-0.2, 0) is 13.0 Å². The van der Waals surface area contributed by atoms with Crippen LogP contribution in [0.25, 0.3) is 0 Å². The predicted molar refractivity (Wildman–Crippen MR) is 71.6 cm³/mol. The molecule has 1 aromatic rings. The fourth-order valence-electron chi connectivity index (χ4n) is 2.28. The Morgan fingerprint density at radius 3 is 2.83 bits per heavy atom. The fourth-order valence-corrected chi connectivity index (χ4v) is 2.28. The van der Waals surface area contributed by atoms with Gasteiger partial charge in [0.1, 0.15) is 0 Å². The molecule has 1 heterocycles. The van der Waals surface area contributed by atoms with E-state index < -0.39 is 0 Å². The highest BCUT2D eigenvalue weighted by molar-refractivity contribution is 5.24. The molecule has 0 aliphatic heterocycles. The Labute approximate surface area is 109 Å². The van der Waals surface area contributed by atoms with Gasteiger partial charge in [0.25, 0.3) is 0 Å². The molecule has 1 fully saturated rings. The van der Waals surface area contributed by atoms with Gasteiger partial charge in [0, 0.05) is 11.8 Å². The third-order valence-electron chi connectivity index (χ3n) is 3.60. The molecular weight excluding hydrogens is 226 g/mol. The maximum Gasteiger partial charge on any atom is 0.213 e. The van der Waals surface area contributed by atoms with Crippen molar-refractivity contribution in [3.63, 3.8) is 0 Å². The molecule has 2 rings (SSSR count). The molecule has 0 radical (unpaired) electrons. The van der Waals surface area contributed by atoms with E-state index in [-0.39, 0.29) is 6.61 Å². The van der Waals surface area contributed by atoms with Gasteiger partial charge in [-0.25, -0.2) is 4.98 Å². The molecule has 1 aliphatic rings. The topological polar surface area (TPSA) is 42.4 Å². The van der Waals surface area contributed by atoms with Crippen molar-refractivity contribution < 1.29 is 9.84 Å². The number of rotatable bonds is 7. The molecule has 3 nitrogen and oxygen atoms in total. The van der Waals surface area contributed by atoms with Gasteiger partial charge in [-0.2, -0.15) is 0 Å². The zero-order chi connectivity index (χ0) is 12.8. The number of aliphatic hydroxyl groups is 1. The number of aromatic nitrogens is 1. The van der Waals surface area contributed by atoms with Crippen molar-refractivity contribution in [1.29, 1.82) is 0 Å². The molecule has 100 valence electrons. The van der Waals surface area contributed by atoms with Crippen LogP contribution in [0.1, 0.15) is 50.3 Å². The Morgan fingerprint density at radius 1 is 1.39 bits per heavy atom. The molecule has 0 aromatic carbocycles. The summed E-state index contributed by atoms with van der Waals surface area (Å²) in [5.41, 5.74) is 1.91. The summed E-state index contributed by atoms with van der Waals surface area (Å²) in [6, 6.07) is 3.81. The number of aryl methyl sites for hydroxylation is 1. The quantitative estimate of drug-likeness (QED) is 0.807. The zero-order valence-electron chi connectivity index (χ0n) is 11.2. The lowest BCUT2D eigenvalue weighted by atomic mass is 9.83. The van der Waals surface area contributed by atoms with Gasteiger partial charge in [-0.3, -0.25) is 0 Å². The molecule has 0 amide bonds. The number of aliphatic hydroxyl groups excluding tert-OH is 1. The molecule has 1 saturated carbocycles. The number of nitrogens with zero attached hydrogens (tertiary/aromatic N) is 1. The molecule has 18 heavy (non-hydrogen) atoms. The van der Waals surface area contributed by atoms with Crippen LogP contribution in [0.5, 0.6) is 5.88 Å². The van der Waals surface area contributed by atoms with Crippen molar-refractivity contribution in [3.05, 3.63) is 23.4 Å². The second kappa shape index (κ2) is 6.74. The highest BCUT2D eigenvalue weighted by Crippen LogP contribution is 2.29. The number of hydrogen-bond acceptors (Lipinski definition) is 3. The van der Waals surface area contributed by atoms with Gasteiger partial charge in [-0.15, -0.1) is 0 Å². The third kappa shape index (κ3) is 3.70. The molecule has 0 bridgehead atoms. The Balaban J connectivity index is 1.90. The van der Waals surface area contributed by atoms with E-state index in [0.29, 0.717) is 5.88 Å². The first-order valence-electron chi connectivity index (χ1n) is 7.05. The van der Waals surface area contributed by atoms with E-state index in [1.807, 2.05) is 12.1 Å². The monoisotopic (exact) mass is 249 g/mol. The van der Waals surface area contributed by atoms with Gasteiger partial charge in [-0.1, -0.05) is 32.6 Å². The first-order valence-corrected chi connectivity index (χ1v) is 7.05. The standard InChI is InChI=1S/C15H23NO2/c1-2-4-14-9-13(11-17)10-15(16-14)18-8-7-12-5-3-6-12/h9-10,12,17H,2-8,11H2,1H3. The van der Waals surface area contributed by atoms with E-state index in [9.17, 15) is 5.11 Å². The summed E-state index contributed by atoms with van der Waals surface area (Å²) in [6.07, 6.45) is 7.22. The molecule has 0 atom stereocenters. The lowest BCUT2D eigenvalue weighted by Crippen LogP contribution is -2.15. The van der Waals surface area contributed by atoms with Crippen molar-refractivity contribution in [2.24, 2.45) is 5.92 Å². The first-order chi connectivity index (χ1) is 8.81. The van der Waals surface area contributed by atoms with Crippen LogP contribution in [0.2, 0.25) is 0 Å². The van der Waals surface area contributed by atoms with Gasteiger partial charge in [0.05, 0.1) is 13.2 Å². The number of hydrogen-bond donors (Lipinski definition) is 1. The van der Waals surface area contributed by atoms with Crippen molar-refractivity contribution in [1.82, 2.24) is 4.98 Å². The summed E-state index contributed by atoms with van der Waals surface area (Å²) in [4.78, 5) is 4.48. The van der Waals surface area contributed by atoms with Gasteiger partial charge in [0.2, 0.25) is 5.88 Å². The molecule has 1 N–H and O–H groups in total. The molecule has 0 spiro atoms. The smallest absolute Gasteiger partial charge is 0.213 e. The van der Waals surface area contributed by atoms with E-state index in [0.717, 1.165) is 43.0 Å². The largest absolute Gasteiger partial charge is 0.478 e. The average molecular weight is 249 g/mol. The van der Waals surface area contributed by atoms with Crippen LogP contribution in [0.4, 0.5) is 0 Å². The number of pyridine rings is 1. The van der Waals surface area contributed by atoms with Crippen LogP contribution in [0, 0.1) is 5.92 Å². The minimum Gasteiger partial charge on any atom is -0.478 e. The van der Waals surface area contributed by atoms with Crippen molar-refractivity contribution in [2.45, 2.75) is 52.1 Å². The first kappa shape index (κ1) is 13.3. The number of ether oxygens (including phenoxy) is 1. The van der Waals surface area contributed by atoms with Gasteiger partial charge >= 0.3 is 0 Å². The predicted octanol–water partition coefficient (Wildman–Crippen LogP) is 3.10. The molecule has 1 aliphatic carbocycles. The summed E-state index contributed by atoms with van der Waals surface area (Å²) in [6.45, 7) is 2.93. The Hall–Kier alpha value is -1.09. The fraction of sp³-hybridized carbons (Fsp3) is 0.667. The minimum atomic E-state index is 0.0538. The van der Waals surface area contributed by atoms with Gasteiger partial charge < -0.3 is 9.84 Å². The van der Waals surface area contributed by atoms with E-state index in [2.05, 4.69) is 11.9 Å². The van der Waals surface area contributed by atoms with Crippen LogP contribution in [0.15, 0.2) is 12.1 Å². The van der Waals surface area contributed by atoms with Gasteiger partial charge in [0.15, 0.2) is 0 Å². The maximum absolute atomic E-state index is 9.23.